The highest BCUT2D eigenvalue weighted by Gasteiger charge is 2.05. The Labute approximate surface area is 113 Å². The number of hydrogen-bond donors (Lipinski definition) is 2. The molecule has 1 heterocycles. The van der Waals surface area contributed by atoms with E-state index in [0.717, 1.165) is 22.6 Å². The number of anilines is 1. The van der Waals surface area contributed by atoms with E-state index >= 15 is 0 Å². The monoisotopic (exact) mass is 257 g/mol. The van der Waals surface area contributed by atoms with Crippen LogP contribution in [0, 0.1) is 6.92 Å². The SMILES string of the molecule is Cc1cc(-c2ccccc2)nnc1NCCC(C)O. The molecule has 0 aliphatic rings. The van der Waals surface area contributed by atoms with Gasteiger partial charge in [-0.2, -0.15) is 0 Å². The second kappa shape index (κ2) is 6.29. The lowest BCUT2D eigenvalue weighted by Gasteiger charge is -2.10. The van der Waals surface area contributed by atoms with Gasteiger partial charge in [0.25, 0.3) is 0 Å². The molecule has 2 N–H and O–H groups in total. The summed E-state index contributed by atoms with van der Waals surface area (Å²) in [7, 11) is 0. The lowest BCUT2D eigenvalue weighted by atomic mass is 10.1. The smallest absolute Gasteiger partial charge is 0.151 e. The number of aliphatic hydroxyl groups excluding tert-OH is 1. The molecule has 1 aromatic heterocycles. The number of benzene rings is 1. The zero-order valence-corrected chi connectivity index (χ0v) is 11.3. The molecular formula is C15H19N3O. The van der Waals surface area contributed by atoms with Gasteiger partial charge in [0, 0.05) is 12.1 Å². The van der Waals surface area contributed by atoms with Crippen molar-refractivity contribution in [1.82, 2.24) is 10.2 Å². The van der Waals surface area contributed by atoms with E-state index in [9.17, 15) is 5.11 Å². The quantitative estimate of drug-likeness (QED) is 0.864. The Balaban J connectivity index is 2.09. The van der Waals surface area contributed by atoms with Crippen LogP contribution in [0.5, 0.6) is 0 Å². The molecule has 0 aliphatic carbocycles. The summed E-state index contributed by atoms with van der Waals surface area (Å²) in [5, 5.41) is 20.8. The minimum atomic E-state index is -0.302. The van der Waals surface area contributed by atoms with Crippen LogP contribution in [0.15, 0.2) is 36.4 Å². The van der Waals surface area contributed by atoms with E-state index < -0.39 is 0 Å². The summed E-state index contributed by atoms with van der Waals surface area (Å²) in [5.41, 5.74) is 2.99. The average molecular weight is 257 g/mol. The predicted molar refractivity (Wildman–Crippen MR) is 77.0 cm³/mol. The summed E-state index contributed by atoms with van der Waals surface area (Å²) >= 11 is 0. The third-order valence-electron chi connectivity index (χ3n) is 2.91. The van der Waals surface area contributed by atoms with Crippen molar-refractivity contribution >= 4 is 5.82 Å². The van der Waals surface area contributed by atoms with Crippen molar-refractivity contribution in [3.8, 4) is 11.3 Å². The number of nitrogens with one attached hydrogen (secondary N) is 1. The van der Waals surface area contributed by atoms with E-state index in [0.29, 0.717) is 13.0 Å². The molecule has 0 amide bonds. The van der Waals surface area contributed by atoms with Crippen LogP contribution in [0.4, 0.5) is 5.82 Å². The molecule has 0 saturated heterocycles. The highest BCUT2D eigenvalue weighted by molar-refractivity contribution is 5.61. The molecular weight excluding hydrogens is 238 g/mol. The largest absolute Gasteiger partial charge is 0.393 e. The Bertz CT molecular complexity index is 526. The lowest BCUT2D eigenvalue weighted by molar-refractivity contribution is 0.188. The topological polar surface area (TPSA) is 58.0 Å². The maximum atomic E-state index is 9.22. The second-order valence-electron chi connectivity index (χ2n) is 4.69. The number of aryl methyl sites for hydroxylation is 1. The summed E-state index contributed by atoms with van der Waals surface area (Å²) in [5.74, 6) is 0.778. The van der Waals surface area contributed by atoms with Crippen LogP contribution in [0.2, 0.25) is 0 Å². The van der Waals surface area contributed by atoms with Gasteiger partial charge in [-0.15, -0.1) is 10.2 Å². The number of hydrogen-bond acceptors (Lipinski definition) is 4. The second-order valence-corrected chi connectivity index (χ2v) is 4.69. The lowest BCUT2D eigenvalue weighted by Crippen LogP contribution is -2.12. The molecule has 19 heavy (non-hydrogen) atoms. The van der Waals surface area contributed by atoms with Gasteiger partial charge in [-0.25, -0.2) is 0 Å². The number of aromatic nitrogens is 2. The summed E-state index contributed by atoms with van der Waals surface area (Å²) in [6.07, 6.45) is 0.394. The average Bonchev–Trinajstić information content (AvgIpc) is 2.41. The molecule has 0 bridgehead atoms. The minimum Gasteiger partial charge on any atom is -0.393 e. The van der Waals surface area contributed by atoms with Crippen molar-refractivity contribution in [1.29, 1.82) is 0 Å². The van der Waals surface area contributed by atoms with Crippen LogP contribution < -0.4 is 5.32 Å². The van der Waals surface area contributed by atoms with Crippen LogP contribution in [0.25, 0.3) is 11.3 Å². The normalized spacial score (nSPS) is 12.2. The van der Waals surface area contributed by atoms with E-state index in [1.165, 1.54) is 0 Å². The maximum Gasteiger partial charge on any atom is 0.151 e. The van der Waals surface area contributed by atoms with Crippen LogP contribution in [0.3, 0.4) is 0 Å². The molecule has 0 radical (unpaired) electrons. The van der Waals surface area contributed by atoms with Gasteiger partial charge in [0.2, 0.25) is 0 Å². The van der Waals surface area contributed by atoms with Crippen molar-refractivity contribution < 1.29 is 5.11 Å². The van der Waals surface area contributed by atoms with Gasteiger partial charge >= 0.3 is 0 Å². The highest BCUT2D eigenvalue weighted by Crippen LogP contribution is 2.19. The van der Waals surface area contributed by atoms with Crippen molar-refractivity contribution in [3.63, 3.8) is 0 Å². The molecule has 0 aliphatic heterocycles. The molecule has 1 aromatic carbocycles. The number of rotatable bonds is 5. The molecule has 1 unspecified atom stereocenters. The molecule has 2 rings (SSSR count). The molecule has 2 aromatic rings. The van der Waals surface area contributed by atoms with Crippen molar-refractivity contribution in [2.24, 2.45) is 0 Å². The van der Waals surface area contributed by atoms with Gasteiger partial charge in [0.15, 0.2) is 5.82 Å². The van der Waals surface area contributed by atoms with Crippen LogP contribution in [0.1, 0.15) is 18.9 Å². The fourth-order valence-electron chi connectivity index (χ4n) is 1.81. The Hall–Kier alpha value is -1.94. The van der Waals surface area contributed by atoms with Gasteiger partial charge in [-0.3, -0.25) is 0 Å². The van der Waals surface area contributed by atoms with E-state index in [4.69, 9.17) is 0 Å². The first kappa shape index (κ1) is 13.5. The van der Waals surface area contributed by atoms with E-state index in [-0.39, 0.29) is 6.10 Å². The maximum absolute atomic E-state index is 9.22. The summed E-state index contributed by atoms with van der Waals surface area (Å²) in [6.45, 7) is 4.47. The van der Waals surface area contributed by atoms with Crippen molar-refractivity contribution in [2.75, 3.05) is 11.9 Å². The van der Waals surface area contributed by atoms with Gasteiger partial charge < -0.3 is 10.4 Å². The van der Waals surface area contributed by atoms with Gasteiger partial charge in [0.1, 0.15) is 0 Å². The van der Waals surface area contributed by atoms with Crippen molar-refractivity contribution in [3.05, 3.63) is 42.0 Å². The molecule has 4 nitrogen and oxygen atoms in total. The zero-order valence-electron chi connectivity index (χ0n) is 11.3. The summed E-state index contributed by atoms with van der Waals surface area (Å²) < 4.78 is 0. The fourth-order valence-corrected chi connectivity index (χ4v) is 1.81. The summed E-state index contributed by atoms with van der Waals surface area (Å²) in [6, 6.07) is 12.0. The Morgan fingerprint density at radius 3 is 2.58 bits per heavy atom. The Morgan fingerprint density at radius 1 is 1.21 bits per heavy atom. The Kier molecular flexibility index (Phi) is 4.47. The van der Waals surface area contributed by atoms with Crippen molar-refractivity contribution in [2.45, 2.75) is 26.4 Å². The fraction of sp³-hybridized carbons (Fsp3) is 0.333. The van der Waals surface area contributed by atoms with Crippen LogP contribution in [-0.2, 0) is 0 Å². The molecule has 1 atom stereocenters. The predicted octanol–water partition coefficient (Wildman–Crippen LogP) is 2.63. The summed E-state index contributed by atoms with van der Waals surface area (Å²) in [4.78, 5) is 0. The first-order valence-electron chi connectivity index (χ1n) is 6.48. The molecule has 0 fully saturated rings. The van der Waals surface area contributed by atoms with Crippen LogP contribution in [-0.4, -0.2) is 28.0 Å². The van der Waals surface area contributed by atoms with E-state index in [1.807, 2.05) is 43.3 Å². The van der Waals surface area contributed by atoms with Crippen LogP contribution >= 0.6 is 0 Å². The van der Waals surface area contributed by atoms with E-state index in [1.54, 1.807) is 6.92 Å². The Morgan fingerprint density at radius 2 is 1.95 bits per heavy atom. The first-order valence-corrected chi connectivity index (χ1v) is 6.48. The standard InChI is InChI=1S/C15H19N3O/c1-11-10-14(13-6-4-3-5-7-13)17-18-15(11)16-9-8-12(2)19/h3-7,10,12,19H,8-9H2,1-2H3,(H,16,18). The zero-order chi connectivity index (χ0) is 13.7. The van der Waals surface area contributed by atoms with Gasteiger partial charge in [-0.05, 0) is 31.9 Å². The third-order valence-corrected chi connectivity index (χ3v) is 2.91. The molecule has 100 valence electrons. The highest BCUT2D eigenvalue weighted by atomic mass is 16.3. The van der Waals surface area contributed by atoms with E-state index in [2.05, 4.69) is 15.5 Å². The first-order chi connectivity index (χ1) is 9.16. The molecule has 0 saturated carbocycles. The number of aliphatic hydroxyl groups is 1. The minimum absolute atomic E-state index is 0.302. The van der Waals surface area contributed by atoms with Gasteiger partial charge in [0.05, 0.1) is 11.8 Å². The number of nitrogens with zero attached hydrogens (tertiary/aromatic N) is 2. The molecule has 4 heteroatoms. The third kappa shape index (κ3) is 3.76. The van der Waals surface area contributed by atoms with Gasteiger partial charge in [-0.1, -0.05) is 30.3 Å². The molecule has 0 spiro atoms.